The number of amides is 1. The van der Waals surface area contributed by atoms with Crippen molar-refractivity contribution in [1.82, 2.24) is 14.8 Å². The number of anilines is 1. The van der Waals surface area contributed by atoms with E-state index in [1.165, 1.54) is 5.06 Å². The minimum Gasteiger partial charge on any atom is -0.396 e. The van der Waals surface area contributed by atoms with Gasteiger partial charge < -0.3 is 5.73 Å². The Morgan fingerprint density at radius 2 is 2.44 bits per heavy atom. The third-order valence-electron chi connectivity index (χ3n) is 2.55. The minimum atomic E-state index is -0.246. The van der Waals surface area contributed by atoms with Gasteiger partial charge in [0.1, 0.15) is 0 Å². The molecule has 6 heteroatoms. The molecule has 0 aliphatic carbocycles. The van der Waals surface area contributed by atoms with E-state index in [9.17, 15) is 4.79 Å². The number of aryl methyl sites for hydroxylation is 1. The predicted molar refractivity (Wildman–Crippen MR) is 58.5 cm³/mol. The maximum absolute atomic E-state index is 12.0. The lowest BCUT2D eigenvalue weighted by Crippen LogP contribution is -2.36. The van der Waals surface area contributed by atoms with Gasteiger partial charge in [-0.2, -0.15) is 5.10 Å². The van der Waals surface area contributed by atoms with Crippen molar-refractivity contribution < 1.29 is 9.63 Å². The summed E-state index contributed by atoms with van der Waals surface area (Å²) >= 11 is 0. The Hall–Kier alpha value is -1.56. The van der Waals surface area contributed by atoms with Crippen molar-refractivity contribution in [2.45, 2.75) is 26.3 Å². The first kappa shape index (κ1) is 10.9. The van der Waals surface area contributed by atoms with Crippen molar-refractivity contribution in [3.05, 3.63) is 11.9 Å². The molecule has 16 heavy (non-hydrogen) atoms. The normalized spacial score (nSPS) is 16.4. The lowest BCUT2D eigenvalue weighted by atomic mass is 10.3. The number of rotatable bonds is 2. The van der Waals surface area contributed by atoms with Crippen molar-refractivity contribution in [2.24, 2.45) is 0 Å². The molecule has 0 atom stereocenters. The molecule has 6 nitrogen and oxygen atoms in total. The fraction of sp³-hybridized carbons (Fsp3) is 0.600. The van der Waals surface area contributed by atoms with Crippen LogP contribution in [0.15, 0.2) is 6.20 Å². The molecular formula is C10H16N4O2. The van der Waals surface area contributed by atoms with Crippen LogP contribution < -0.4 is 5.73 Å². The van der Waals surface area contributed by atoms with Gasteiger partial charge in [-0.15, -0.1) is 0 Å². The van der Waals surface area contributed by atoms with E-state index in [-0.39, 0.29) is 11.6 Å². The topological polar surface area (TPSA) is 73.4 Å². The van der Waals surface area contributed by atoms with Gasteiger partial charge in [0, 0.05) is 19.3 Å². The average molecular weight is 224 g/mol. The number of hydrogen-bond donors (Lipinski definition) is 1. The largest absolute Gasteiger partial charge is 0.396 e. The molecule has 1 aromatic heterocycles. The minimum absolute atomic E-state index is 0.246. The summed E-state index contributed by atoms with van der Waals surface area (Å²) in [6.07, 6.45) is 3.61. The van der Waals surface area contributed by atoms with Crippen LogP contribution in [0.2, 0.25) is 0 Å². The molecule has 0 saturated carbocycles. The van der Waals surface area contributed by atoms with Crippen molar-refractivity contribution in [3.63, 3.8) is 0 Å². The molecule has 1 amide bonds. The molecule has 2 rings (SSSR count). The molecule has 1 aliphatic rings. The molecule has 0 bridgehead atoms. The second-order valence-corrected chi connectivity index (χ2v) is 3.74. The lowest BCUT2D eigenvalue weighted by Gasteiger charge is -2.25. The number of hydroxylamine groups is 2. The molecule has 0 unspecified atom stereocenters. The number of nitrogens with two attached hydrogens (primary N) is 1. The van der Waals surface area contributed by atoms with Gasteiger partial charge in [0.2, 0.25) is 0 Å². The van der Waals surface area contributed by atoms with Crippen molar-refractivity contribution in [2.75, 3.05) is 18.9 Å². The number of nitrogens with zero attached hydrogens (tertiary/aromatic N) is 3. The van der Waals surface area contributed by atoms with Crippen molar-refractivity contribution in [3.8, 4) is 0 Å². The van der Waals surface area contributed by atoms with Crippen LogP contribution in [0.4, 0.5) is 5.69 Å². The first-order valence-corrected chi connectivity index (χ1v) is 5.50. The number of carbonyl (C=O) groups excluding carboxylic acids is 1. The zero-order valence-electron chi connectivity index (χ0n) is 9.35. The van der Waals surface area contributed by atoms with E-state index in [2.05, 4.69) is 5.10 Å². The van der Waals surface area contributed by atoms with Crippen LogP contribution in [0, 0.1) is 0 Å². The van der Waals surface area contributed by atoms with E-state index in [1.54, 1.807) is 10.9 Å². The number of aromatic nitrogens is 2. The van der Waals surface area contributed by atoms with E-state index in [0.29, 0.717) is 25.4 Å². The highest BCUT2D eigenvalue weighted by molar-refractivity contribution is 5.96. The van der Waals surface area contributed by atoms with Gasteiger partial charge >= 0.3 is 0 Å². The summed E-state index contributed by atoms with van der Waals surface area (Å²) in [4.78, 5) is 17.3. The average Bonchev–Trinajstić information content (AvgIpc) is 2.71. The highest BCUT2D eigenvalue weighted by Crippen LogP contribution is 2.15. The maximum atomic E-state index is 12.0. The van der Waals surface area contributed by atoms with Gasteiger partial charge in [-0.3, -0.25) is 14.3 Å². The highest BCUT2D eigenvalue weighted by Gasteiger charge is 2.23. The molecule has 1 saturated heterocycles. The van der Waals surface area contributed by atoms with Gasteiger partial charge in [-0.05, 0) is 19.8 Å². The number of hydrogen-bond acceptors (Lipinski definition) is 4. The molecule has 1 aromatic rings. The van der Waals surface area contributed by atoms with Crippen LogP contribution in [0.1, 0.15) is 30.3 Å². The second-order valence-electron chi connectivity index (χ2n) is 3.74. The summed E-state index contributed by atoms with van der Waals surface area (Å²) in [7, 11) is 0. The molecule has 88 valence electrons. The predicted octanol–water partition coefficient (Wildman–Crippen LogP) is 0.653. The Kier molecular flexibility index (Phi) is 3.09. The fourth-order valence-corrected chi connectivity index (χ4v) is 1.64. The SMILES string of the molecule is CCn1cc(N)c(C(=O)N2CCCCO2)n1. The van der Waals surface area contributed by atoms with Gasteiger partial charge in [0.15, 0.2) is 5.69 Å². The van der Waals surface area contributed by atoms with E-state index >= 15 is 0 Å². The van der Waals surface area contributed by atoms with Gasteiger partial charge in [0.05, 0.1) is 12.3 Å². The first-order chi connectivity index (χ1) is 7.72. The third kappa shape index (κ3) is 2.01. The standard InChI is InChI=1S/C10H16N4O2/c1-2-13-7-8(11)9(12-13)10(15)14-5-3-4-6-16-14/h7H,2-6,11H2,1H3. The summed E-state index contributed by atoms with van der Waals surface area (Å²) in [6, 6.07) is 0. The van der Waals surface area contributed by atoms with Crippen LogP contribution in [0.5, 0.6) is 0 Å². The Balaban J connectivity index is 2.15. The Morgan fingerprint density at radius 3 is 3.00 bits per heavy atom. The summed E-state index contributed by atoms with van der Waals surface area (Å²) in [5, 5.41) is 5.47. The monoisotopic (exact) mass is 224 g/mol. The van der Waals surface area contributed by atoms with Crippen LogP contribution in [-0.4, -0.2) is 33.9 Å². The summed E-state index contributed by atoms with van der Waals surface area (Å²) < 4.78 is 1.65. The van der Waals surface area contributed by atoms with Crippen LogP contribution in [0.3, 0.4) is 0 Å². The smallest absolute Gasteiger partial charge is 0.300 e. The highest BCUT2D eigenvalue weighted by atomic mass is 16.7. The van der Waals surface area contributed by atoms with Crippen molar-refractivity contribution >= 4 is 11.6 Å². The summed E-state index contributed by atoms with van der Waals surface area (Å²) in [5.74, 6) is -0.246. The Labute approximate surface area is 93.9 Å². The van der Waals surface area contributed by atoms with Gasteiger partial charge in [0.25, 0.3) is 5.91 Å². The maximum Gasteiger partial charge on any atom is 0.300 e. The molecule has 2 heterocycles. The van der Waals surface area contributed by atoms with Crippen LogP contribution in [0.25, 0.3) is 0 Å². The van der Waals surface area contributed by atoms with E-state index in [1.807, 2.05) is 6.92 Å². The lowest BCUT2D eigenvalue weighted by molar-refractivity contribution is -0.144. The quantitative estimate of drug-likeness (QED) is 0.800. The molecule has 0 radical (unpaired) electrons. The summed E-state index contributed by atoms with van der Waals surface area (Å²) in [6.45, 7) is 3.83. The number of carbonyl (C=O) groups is 1. The van der Waals surface area contributed by atoms with Crippen molar-refractivity contribution in [1.29, 1.82) is 0 Å². The van der Waals surface area contributed by atoms with E-state index < -0.39 is 0 Å². The van der Waals surface area contributed by atoms with Gasteiger partial charge in [-0.25, -0.2) is 5.06 Å². The molecule has 1 fully saturated rings. The van der Waals surface area contributed by atoms with Crippen LogP contribution >= 0.6 is 0 Å². The third-order valence-corrected chi connectivity index (χ3v) is 2.55. The molecule has 0 spiro atoms. The molecular weight excluding hydrogens is 208 g/mol. The Bertz CT molecular complexity index is 382. The fourth-order valence-electron chi connectivity index (χ4n) is 1.64. The molecule has 0 aromatic carbocycles. The van der Waals surface area contributed by atoms with E-state index in [0.717, 1.165) is 12.8 Å². The van der Waals surface area contributed by atoms with E-state index in [4.69, 9.17) is 10.6 Å². The zero-order valence-corrected chi connectivity index (χ0v) is 9.35. The second kappa shape index (κ2) is 4.52. The summed E-state index contributed by atoms with van der Waals surface area (Å²) in [5.41, 5.74) is 6.42. The Morgan fingerprint density at radius 1 is 1.62 bits per heavy atom. The number of nitrogen functional groups attached to an aromatic ring is 1. The molecule has 1 aliphatic heterocycles. The first-order valence-electron chi connectivity index (χ1n) is 5.50. The zero-order chi connectivity index (χ0) is 11.5. The molecule has 2 N–H and O–H groups in total. The van der Waals surface area contributed by atoms with Crippen LogP contribution in [-0.2, 0) is 11.4 Å². The van der Waals surface area contributed by atoms with Gasteiger partial charge in [-0.1, -0.05) is 0 Å².